The minimum Gasteiger partial charge on any atom is -0.115 e. The van der Waals surface area contributed by atoms with Crippen molar-refractivity contribution in [2.24, 2.45) is 0 Å². The van der Waals surface area contributed by atoms with Crippen LogP contribution in [0, 0.1) is 0 Å². The fraction of sp³-hybridized carbons (Fsp3) is 0.250. The van der Waals surface area contributed by atoms with Crippen LogP contribution in [0.15, 0.2) is 42.0 Å². The highest BCUT2D eigenvalue weighted by Crippen LogP contribution is 2.37. The first-order chi connectivity index (χ1) is 8.05. The molecule has 17 heavy (non-hydrogen) atoms. The second kappa shape index (κ2) is 3.61. The molecule has 0 nitrogen and oxygen atoms in total. The second-order valence-electron chi connectivity index (χ2n) is 5.18. The number of halogens is 1. The van der Waals surface area contributed by atoms with E-state index in [-0.39, 0.29) is 4.87 Å². The van der Waals surface area contributed by atoms with Crippen LogP contribution < -0.4 is 0 Å². The molecule has 3 rings (SSSR count). The Labute approximate surface area is 107 Å². The van der Waals surface area contributed by atoms with Crippen molar-refractivity contribution in [3.05, 3.63) is 53.1 Å². The Morgan fingerprint density at radius 3 is 2.47 bits per heavy atom. The summed E-state index contributed by atoms with van der Waals surface area (Å²) < 4.78 is 0. The standard InChI is InChI=1S/C16H15Cl/c1-16(2,17)14-9-12-7-3-5-11-6-4-8-13(10-14)15(11)12/h3-9H,10H2,1-2H3. The predicted molar refractivity (Wildman–Crippen MR) is 75.6 cm³/mol. The van der Waals surface area contributed by atoms with Crippen molar-refractivity contribution >= 4 is 28.4 Å². The molecule has 0 saturated heterocycles. The molecule has 1 aliphatic carbocycles. The number of alkyl halides is 1. The molecule has 0 unspecified atom stereocenters. The van der Waals surface area contributed by atoms with Crippen molar-refractivity contribution in [2.45, 2.75) is 25.1 Å². The van der Waals surface area contributed by atoms with Crippen molar-refractivity contribution in [1.29, 1.82) is 0 Å². The van der Waals surface area contributed by atoms with Crippen molar-refractivity contribution in [3.63, 3.8) is 0 Å². The van der Waals surface area contributed by atoms with E-state index >= 15 is 0 Å². The summed E-state index contributed by atoms with van der Waals surface area (Å²) >= 11 is 6.45. The quantitative estimate of drug-likeness (QED) is 0.631. The van der Waals surface area contributed by atoms with Gasteiger partial charge in [-0.15, -0.1) is 11.6 Å². The molecular weight excluding hydrogens is 228 g/mol. The Morgan fingerprint density at radius 1 is 1.06 bits per heavy atom. The zero-order valence-electron chi connectivity index (χ0n) is 10.1. The first-order valence-electron chi connectivity index (χ1n) is 5.96. The Morgan fingerprint density at radius 2 is 1.76 bits per heavy atom. The molecule has 0 radical (unpaired) electrons. The van der Waals surface area contributed by atoms with Crippen LogP contribution in [-0.4, -0.2) is 4.87 Å². The van der Waals surface area contributed by atoms with E-state index in [9.17, 15) is 0 Å². The monoisotopic (exact) mass is 242 g/mol. The van der Waals surface area contributed by atoms with Crippen LogP contribution >= 0.6 is 11.6 Å². The lowest BCUT2D eigenvalue weighted by Gasteiger charge is -2.25. The van der Waals surface area contributed by atoms with Gasteiger partial charge in [-0.1, -0.05) is 42.5 Å². The molecule has 0 saturated carbocycles. The molecular formula is C16H15Cl. The molecule has 0 heterocycles. The van der Waals surface area contributed by atoms with Gasteiger partial charge in [-0.25, -0.2) is 0 Å². The normalized spacial score (nSPS) is 14.9. The molecule has 0 bridgehead atoms. The highest BCUT2D eigenvalue weighted by molar-refractivity contribution is 6.26. The second-order valence-corrected chi connectivity index (χ2v) is 6.13. The summed E-state index contributed by atoms with van der Waals surface area (Å²) in [6.45, 7) is 4.13. The molecule has 2 aromatic rings. The van der Waals surface area contributed by atoms with E-state index in [2.05, 4.69) is 56.3 Å². The van der Waals surface area contributed by atoms with Gasteiger partial charge >= 0.3 is 0 Å². The van der Waals surface area contributed by atoms with Crippen molar-refractivity contribution in [1.82, 2.24) is 0 Å². The molecule has 0 amide bonds. The SMILES string of the molecule is CC(C)(Cl)C1=Cc2cccc3cccc(c23)C1. The van der Waals surface area contributed by atoms with Crippen LogP contribution in [0.3, 0.4) is 0 Å². The number of rotatable bonds is 1. The highest BCUT2D eigenvalue weighted by atomic mass is 35.5. The third-order valence-electron chi connectivity index (χ3n) is 3.50. The first kappa shape index (κ1) is 10.9. The maximum absolute atomic E-state index is 6.45. The van der Waals surface area contributed by atoms with Gasteiger partial charge in [0, 0.05) is 0 Å². The molecule has 0 atom stereocenters. The van der Waals surface area contributed by atoms with E-state index in [0.29, 0.717) is 0 Å². The topological polar surface area (TPSA) is 0 Å². The molecule has 86 valence electrons. The van der Waals surface area contributed by atoms with Crippen LogP contribution in [0.2, 0.25) is 0 Å². The minimum atomic E-state index is -0.268. The lowest BCUT2D eigenvalue weighted by atomic mass is 9.84. The molecule has 0 spiro atoms. The zero-order valence-corrected chi connectivity index (χ0v) is 10.9. The van der Waals surface area contributed by atoms with Crippen LogP contribution in [0.4, 0.5) is 0 Å². The third-order valence-corrected chi connectivity index (χ3v) is 3.74. The third kappa shape index (κ3) is 1.77. The fourth-order valence-corrected chi connectivity index (χ4v) is 2.66. The molecule has 0 aromatic heterocycles. The van der Waals surface area contributed by atoms with Crippen molar-refractivity contribution in [3.8, 4) is 0 Å². The van der Waals surface area contributed by atoms with Crippen LogP contribution in [-0.2, 0) is 6.42 Å². The highest BCUT2D eigenvalue weighted by Gasteiger charge is 2.23. The molecule has 0 N–H and O–H groups in total. The Balaban J connectivity index is 2.30. The van der Waals surface area contributed by atoms with Crippen molar-refractivity contribution < 1.29 is 0 Å². The summed E-state index contributed by atoms with van der Waals surface area (Å²) in [5.74, 6) is 0. The smallest absolute Gasteiger partial charge is 0.0605 e. The largest absolute Gasteiger partial charge is 0.115 e. The van der Waals surface area contributed by atoms with Crippen LogP contribution in [0.1, 0.15) is 25.0 Å². The Hall–Kier alpha value is -1.27. The van der Waals surface area contributed by atoms with Gasteiger partial charge in [-0.05, 0) is 47.7 Å². The van der Waals surface area contributed by atoms with E-state index in [4.69, 9.17) is 11.6 Å². The maximum Gasteiger partial charge on any atom is 0.0605 e. The fourth-order valence-electron chi connectivity index (χ4n) is 2.54. The number of hydrogen-bond acceptors (Lipinski definition) is 0. The van der Waals surface area contributed by atoms with E-state index in [0.717, 1.165) is 6.42 Å². The van der Waals surface area contributed by atoms with Crippen LogP contribution in [0.25, 0.3) is 16.8 Å². The lowest BCUT2D eigenvalue weighted by molar-refractivity contribution is 0.792. The summed E-state index contributed by atoms with van der Waals surface area (Å²) in [6.07, 6.45) is 3.22. The molecule has 0 aliphatic heterocycles. The predicted octanol–water partition coefficient (Wildman–Crippen LogP) is 4.80. The molecule has 2 aromatic carbocycles. The summed E-state index contributed by atoms with van der Waals surface area (Å²) in [5, 5.41) is 2.71. The van der Waals surface area contributed by atoms with E-state index < -0.39 is 0 Å². The van der Waals surface area contributed by atoms with Crippen molar-refractivity contribution in [2.75, 3.05) is 0 Å². The van der Waals surface area contributed by atoms with Gasteiger partial charge in [-0.2, -0.15) is 0 Å². The van der Waals surface area contributed by atoms with Gasteiger partial charge < -0.3 is 0 Å². The van der Waals surface area contributed by atoms with Gasteiger partial charge in [-0.3, -0.25) is 0 Å². The Kier molecular flexibility index (Phi) is 2.31. The van der Waals surface area contributed by atoms with Gasteiger partial charge in [0.1, 0.15) is 0 Å². The molecule has 1 aliphatic rings. The van der Waals surface area contributed by atoms with E-state index in [1.165, 1.54) is 27.5 Å². The van der Waals surface area contributed by atoms with E-state index in [1.807, 2.05) is 0 Å². The maximum atomic E-state index is 6.45. The number of allylic oxidation sites excluding steroid dienone is 1. The lowest BCUT2D eigenvalue weighted by Crippen LogP contribution is -2.18. The summed E-state index contributed by atoms with van der Waals surface area (Å²) in [4.78, 5) is -0.268. The molecule has 0 fully saturated rings. The van der Waals surface area contributed by atoms with Gasteiger partial charge in [0.15, 0.2) is 0 Å². The van der Waals surface area contributed by atoms with Gasteiger partial charge in [0.2, 0.25) is 0 Å². The minimum absolute atomic E-state index is 0.268. The van der Waals surface area contributed by atoms with Gasteiger partial charge in [0.05, 0.1) is 4.87 Å². The summed E-state index contributed by atoms with van der Waals surface area (Å²) in [5.41, 5.74) is 3.99. The average molecular weight is 243 g/mol. The zero-order chi connectivity index (χ0) is 12.0. The van der Waals surface area contributed by atoms with E-state index in [1.54, 1.807) is 0 Å². The first-order valence-corrected chi connectivity index (χ1v) is 6.34. The summed E-state index contributed by atoms with van der Waals surface area (Å²) in [6, 6.07) is 13.0. The summed E-state index contributed by atoms with van der Waals surface area (Å²) in [7, 11) is 0. The Bertz CT molecular complexity index is 610. The van der Waals surface area contributed by atoms with Crippen LogP contribution in [0.5, 0.6) is 0 Å². The average Bonchev–Trinajstić information content (AvgIpc) is 2.28. The number of hydrogen-bond donors (Lipinski definition) is 0. The number of benzene rings is 2. The van der Waals surface area contributed by atoms with Gasteiger partial charge in [0.25, 0.3) is 0 Å². The molecule has 1 heteroatoms.